The van der Waals surface area contributed by atoms with Gasteiger partial charge in [0.2, 0.25) is 5.91 Å². The molecule has 0 radical (unpaired) electrons. The molecule has 2 heterocycles. The SMILES string of the molecule is O=C(CSc1ccc(-c2nc(C3CC3)no2)cn1)Nc1ccc(F)cc1Br. The third-order valence-corrected chi connectivity index (χ3v) is 5.52. The predicted molar refractivity (Wildman–Crippen MR) is 103 cm³/mol. The van der Waals surface area contributed by atoms with Gasteiger partial charge >= 0.3 is 0 Å². The van der Waals surface area contributed by atoms with E-state index in [0.29, 0.717) is 27.0 Å². The van der Waals surface area contributed by atoms with E-state index in [1.54, 1.807) is 6.20 Å². The molecule has 0 spiro atoms. The average Bonchev–Trinajstić information content (AvgIpc) is 3.40. The fourth-order valence-electron chi connectivity index (χ4n) is 2.37. The van der Waals surface area contributed by atoms with Crippen molar-refractivity contribution in [1.29, 1.82) is 0 Å². The monoisotopic (exact) mass is 448 g/mol. The highest BCUT2D eigenvalue weighted by Crippen LogP contribution is 2.38. The number of aromatic nitrogens is 3. The molecule has 1 amide bonds. The van der Waals surface area contributed by atoms with Crippen LogP contribution in [0.3, 0.4) is 0 Å². The number of nitrogens with one attached hydrogen (secondary N) is 1. The maximum Gasteiger partial charge on any atom is 0.259 e. The normalized spacial score (nSPS) is 13.6. The average molecular weight is 449 g/mol. The summed E-state index contributed by atoms with van der Waals surface area (Å²) in [6.45, 7) is 0. The van der Waals surface area contributed by atoms with E-state index in [1.165, 1.54) is 30.0 Å². The van der Waals surface area contributed by atoms with Gasteiger partial charge < -0.3 is 9.84 Å². The molecule has 0 atom stereocenters. The van der Waals surface area contributed by atoms with Gasteiger partial charge in [0.15, 0.2) is 5.82 Å². The van der Waals surface area contributed by atoms with Crippen LogP contribution in [0.1, 0.15) is 24.6 Å². The van der Waals surface area contributed by atoms with Crippen LogP contribution in [0.2, 0.25) is 0 Å². The van der Waals surface area contributed by atoms with Gasteiger partial charge in [-0.05, 0) is 59.1 Å². The number of thioether (sulfide) groups is 1. The highest BCUT2D eigenvalue weighted by Gasteiger charge is 2.29. The number of amides is 1. The molecule has 0 unspecified atom stereocenters. The molecule has 27 heavy (non-hydrogen) atoms. The molecule has 1 saturated carbocycles. The predicted octanol–water partition coefficient (Wildman–Crippen LogP) is 4.64. The van der Waals surface area contributed by atoms with Crippen LogP contribution in [0.25, 0.3) is 11.5 Å². The summed E-state index contributed by atoms with van der Waals surface area (Å²) in [5.74, 6) is 1.26. The molecule has 1 aliphatic rings. The van der Waals surface area contributed by atoms with Gasteiger partial charge in [0.1, 0.15) is 5.82 Å². The van der Waals surface area contributed by atoms with Gasteiger partial charge in [-0.1, -0.05) is 16.9 Å². The van der Waals surface area contributed by atoms with Crippen LogP contribution in [0, 0.1) is 5.82 Å². The minimum absolute atomic E-state index is 0.183. The Kier molecular flexibility index (Phi) is 5.22. The Hall–Kier alpha value is -2.26. The molecular weight excluding hydrogens is 435 g/mol. The Morgan fingerprint density at radius 2 is 2.19 bits per heavy atom. The van der Waals surface area contributed by atoms with Crippen molar-refractivity contribution >= 4 is 39.3 Å². The zero-order chi connectivity index (χ0) is 18.8. The van der Waals surface area contributed by atoms with E-state index in [0.717, 1.165) is 24.2 Å². The first-order valence-corrected chi connectivity index (χ1v) is 10.0. The second-order valence-electron chi connectivity index (χ2n) is 6.08. The smallest absolute Gasteiger partial charge is 0.259 e. The first kappa shape index (κ1) is 18.1. The van der Waals surface area contributed by atoms with Crippen LogP contribution in [0.15, 0.2) is 50.6 Å². The molecule has 138 valence electrons. The first-order valence-electron chi connectivity index (χ1n) is 8.26. The van der Waals surface area contributed by atoms with Crippen molar-refractivity contribution in [2.24, 2.45) is 0 Å². The summed E-state index contributed by atoms with van der Waals surface area (Å²) in [6, 6.07) is 7.75. The second-order valence-corrected chi connectivity index (χ2v) is 7.93. The molecule has 1 fully saturated rings. The van der Waals surface area contributed by atoms with Gasteiger partial charge in [0.25, 0.3) is 5.89 Å². The van der Waals surface area contributed by atoms with E-state index in [4.69, 9.17) is 4.52 Å². The lowest BCUT2D eigenvalue weighted by atomic mass is 10.3. The van der Waals surface area contributed by atoms with Crippen LogP contribution < -0.4 is 5.32 Å². The van der Waals surface area contributed by atoms with Crippen molar-refractivity contribution in [3.63, 3.8) is 0 Å². The molecule has 0 aliphatic heterocycles. The van der Waals surface area contributed by atoms with Gasteiger partial charge in [-0.15, -0.1) is 0 Å². The largest absolute Gasteiger partial charge is 0.334 e. The number of nitrogens with zero attached hydrogens (tertiary/aromatic N) is 3. The Morgan fingerprint density at radius 3 is 2.89 bits per heavy atom. The number of hydrogen-bond acceptors (Lipinski definition) is 6. The molecule has 9 heteroatoms. The van der Waals surface area contributed by atoms with E-state index < -0.39 is 0 Å². The standard InChI is InChI=1S/C18H14BrFN4O2S/c19-13-7-12(20)4-5-14(13)22-15(25)9-27-16-6-3-11(8-21-16)18-23-17(24-26-18)10-1-2-10/h3-8,10H,1-2,9H2,(H,22,25). The lowest BCUT2D eigenvalue weighted by Gasteiger charge is -2.07. The van der Waals surface area contributed by atoms with Gasteiger partial charge in [-0.3, -0.25) is 4.79 Å². The van der Waals surface area contributed by atoms with E-state index in [-0.39, 0.29) is 17.5 Å². The van der Waals surface area contributed by atoms with Crippen LogP contribution in [0.5, 0.6) is 0 Å². The summed E-state index contributed by atoms with van der Waals surface area (Å²) in [6.07, 6.45) is 3.88. The first-order chi connectivity index (χ1) is 13.1. The number of hydrogen-bond donors (Lipinski definition) is 1. The van der Waals surface area contributed by atoms with Crippen LogP contribution in [-0.2, 0) is 4.79 Å². The maximum absolute atomic E-state index is 13.1. The number of pyridine rings is 1. The van der Waals surface area contributed by atoms with Crippen molar-refractivity contribution in [3.8, 4) is 11.5 Å². The molecule has 4 rings (SSSR count). The molecule has 6 nitrogen and oxygen atoms in total. The highest BCUT2D eigenvalue weighted by atomic mass is 79.9. The van der Waals surface area contributed by atoms with Crippen LogP contribution in [-0.4, -0.2) is 26.8 Å². The van der Waals surface area contributed by atoms with E-state index in [1.807, 2.05) is 12.1 Å². The minimum atomic E-state index is -0.371. The van der Waals surface area contributed by atoms with Gasteiger partial charge in [0, 0.05) is 16.6 Å². The van der Waals surface area contributed by atoms with Crippen LogP contribution in [0.4, 0.5) is 10.1 Å². The lowest BCUT2D eigenvalue weighted by molar-refractivity contribution is -0.113. The van der Waals surface area contributed by atoms with Gasteiger partial charge in [0.05, 0.1) is 22.0 Å². The maximum atomic E-state index is 13.1. The summed E-state index contributed by atoms with van der Waals surface area (Å²) in [4.78, 5) is 20.8. The minimum Gasteiger partial charge on any atom is -0.334 e. The topological polar surface area (TPSA) is 80.9 Å². The second kappa shape index (κ2) is 7.77. The molecule has 1 aliphatic carbocycles. The zero-order valence-electron chi connectivity index (χ0n) is 14.0. The quantitative estimate of drug-likeness (QED) is 0.553. The molecule has 2 aromatic heterocycles. The summed E-state index contributed by atoms with van der Waals surface area (Å²) < 4.78 is 18.9. The molecule has 0 saturated heterocycles. The lowest BCUT2D eigenvalue weighted by Crippen LogP contribution is -2.14. The summed E-state index contributed by atoms with van der Waals surface area (Å²) in [5.41, 5.74) is 1.27. The number of carbonyl (C=O) groups is 1. The third kappa shape index (κ3) is 4.54. The summed E-state index contributed by atoms with van der Waals surface area (Å²) in [5, 5.41) is 7.42. The van der Waals surface area contributed by atoms with E-state index in [9.17, 15) is 9.18 Å². The number of rotatable bonds is 6. The van der Waals surface area contributed by atoms with Crippen molar-refractivity contribution in [2.75, 3.05) is 11.1 Å². The van der Waals surface area contributed by atoms with Crippen LogP contribution >= 0.6 is 27.7 Å². The molecule has 3 aromatic rings. The van der Waals surface area contributed by atoms with Gasteiger partial charge in [-0.25, -0.2) is 9.37 Å². The third-order valence-electron chi connectivity index (χ3n) is 3.92. The Labute approximate surface area is 167 Å². The van der Waals surface area contributed by atoms with E-state index >= 15 is 0 Å². The number of halogens is 2. The Morgan fingerprint density at radius 1 is 1.33 bits per heavy atom. The van der Waals surface area contributed by atoms with Crippen molar-refractivity contribution in [1.82, 2.24) is 15.1 Å². The van der Waals surface area contributed by atoms with E-state index in [2.05, 4.69) is 36.4 Å². The van der Waals surface area contributed by atoms with Gasteiger partial charge in [-0.2, -0.15) is 4.98 Å². The number of carbonyl (C=O) groups excluding carboxylic acids is 1. The molecule has 0 bridgehead atoms. The Balaban J connectivity index is 1.33. The zero-order valence-corrected chi connectivity index (χ0v) is 16.4. The summed E-state index contributed by atoms with van der Waals surface area (Å²) in [7, 11) is 0. The summed E-state index contributed by atoms with van der Waals surface area (Å²) >= 11 is 4.52. The Bertz CT molecular complexity index is 976. The molecular formula is C18H14BrFN4O2S. The molecule has 1 aromatic carbocycles. The highest BCUT2D eigenvalue weighted by molar-refractivity contribution is 9.10. The molecule has 1 N–H and O–H groups in total. The van der Waals surface area contributed by atoms with Crippen molar-refractivity contribution in [3.05, 3.63) is 52.6 Å². The van der Waals surface area contributed by atoms with Crippen molar-refractivity contribution < 1.29 is 13.7 Å². The van der Waals surface area contributed by atoms with Crippen molar-refractivity contribution in [2.45, 2.75) is 23.8 Å². The number of anilines is 1. The fraction of sp³-hybridized carbons (Fsp3) is 0.222. The fourth-order valence-corrected chi connectivity index (χ4v) is 3.46. The number of benzene rings is 1.